The van der Waals surface area contributed by atoms with Crippen molar-refractivity contribution in [2.24, 2.45) is 0 Å². The number of hydrogen-bond donors (Lipinski definition) is 0. The summed E-state index contributed by atoms with van der Waals surface area (Å²) in [6.45, 7) is 6.54. The molecule has 1 atom stereocenters. The van der Waals surface area contributed by atoms with Gasteiger partial charge in [-0.3, -0.25) is 14.4 Å². The zero-order chi connectivity index (χ0) is 46.5. The molecule has 64 heavy (non-hydrogen) atoms. The molecule has 6 heteroatoms. The molecule has 0 heterocycles. The summed E-state index contributed by atoms with van der Waals surface area (Å²) in [6.07, 6.45) is 65.9. The molecule has 0 amide bonds. The van der Waals surface area contributed by atoms with E-state index >= 15 is 0 Å². The Morgan fingerprint density at radius 1 is 0.312 bits per heavy atom. The zero-order valence-corrected chi connectivity index (χ0v) is 42.0. The van der Waals surface area contributed by atoms with Crippen LogP contribution in [0.1, 0.15) is 258 Å². The van der Waals surface area contributed by atoms with Crippen molar-refractivity contribution < 1.29 is 28.6 Å². The molecular formula is C58H100O6. The van der Waals surface area contributed by atoms with E-state index in [9.17, 15) is 14.4 Å². The predicted molar refractivity (Wildman–Crippen MR) is 274 cm³/mol. The molecule has 0 radical (unpaired) electrons. The van der Waals surface area contributed by atoms with Crippen LogP contribution in [0.15, 0.2) is 72.9 Å². The van der Waals surface area contributed by atoms with Gasteiger partial charge in [0.2, 0.25) is 0 Å². The minimum atomic E-state index is -0.794. The van der Waals surface area contributed by atoms with E-state index in [0.29, 0.717) is 19.3 Å². The van der Waals surface area contributed by atoms with E-state index in [1.807, 2.05) is 0 Å². The smallest absolute Gasteiger partial charge is 0.306 e. The lowest BCUT2D eigenvalue weighted by Gasteiger charge is -2.18. The number of esters is 3. The van der Waals surface area contributed by atoms with E-state index in [-0.39, 0.29) is 31.1 Å². The highest BCUT2D eigenvalue weighted by Crippen LogP contribution is 2.15. The predicted octanol–water partition coefficient (Wildman–Crippen LogP) is 17.8. The van der Waals surface area contributed by atoms with Crippen LogP contribution >= 0.6 is 0 Å². The average molecular weight is 893 g/mol. The van der Waals surface area contributed by atoms with Gasteiger partial charge < -0.3 is 14.2 Å². The van der Waals surface area contributed by atoms with Crippen LogP contribution in [0, 0.1) is 0 Å². The van der Waals surface area contributed by atoms with Crippen LogP contribution < -0.4 is 0 Å². The van der Waals surface area contributed by atoms with Gasteiger partial charge in [0.1, 0.15) is 13.2 Å². The Morgan fingerprint density at radius 2 is 0.578 bits per heavy atom. The molecule has 368 valence electrons. The summed E-state index contributed by atoms with van der Waals surface area (Å²) in [5.41, 5.74) is 0. The van der Waals surface area contributed by atoms with Gasteiger partial charge in [0.05, 0.1) is 0 Å². The van der Waals surface area contributed by atoms with E-state index in [1.54, 1.807) is 0 Å². The SMILES string of the molecule is CCCC/C=C\C/C=C\CCCCCCCC(=O)O[C@@H](COC(=O)CCCCC/C=C\C/C=C\C/C=C\C/C=C\CCCCC)COC(=O)CCCCCCCCCCCCCCC. The van der Waals surface area contributed by atoms with Crippen molar-refractivity contribution in [1.82, 2.24) is 0 Å². The zero-order valence-electron chi connectivity index (χ0n) is 42.0. The Balaban J connectivity index is 4.44. The molecule has 0 saturated heterocycles. The van der Waals surface area contributed by atoms with Gasteiger partial charge in [-0.15, -0.1) is 0 Å². The topological polar surface area (TPSA) is 78.9 Å². The molecule has 0 unspecified atom stereocenters. The second kappa shape index (κ2) is 52.5. The lowest BCUT2D eigenvalue weighted by Crippen LogP contribution is -2.30. The minimum absolute atomic E-state index is 0.0899. The molecule has 0 aromatic carbocycles. The van der Waals surface area contributed by atoms with Crippen molar-refractivity contribution in [3.63, 3.8) is 0 Å². The summed E-state index contributed by atoms with van der Waals surface area (Å²) in [5.74, 6) is -0.932. The third kappa shape index (κ3) is 49.9. The number of rotatable bonds is 48. The first-order chi connectivity index (χ1) is 31.5. The highest BCUT2D eigenvalue weighted by atomic mass is 16.6. The fourth-order valence-electron chi connectivity index (χ4n) is 7.32. The third-order valence-electron chi connectivity index (χ3n) is 11.4. The van der Waals surface area contributed by atoms with Crippen molar-refractivity contribution in [3.05, 3.63) is 72.9 Å². The van der Waals surface area contributed by atoms with Crippen LogP contribution in [-0.2, 0) is 28.6 Å². The Hall–Kier alpha value is -3.15. The molecule has 0 aromatic rings. The molecular weight excluding hydrogens is 793 g/mol. The molecule has 0 aliphatic carbocycles. The van der Waals surface area contributed by atoms with Crippen LogP contribution in [-0.4, -0.2) is 37.2 Å². The maximum Gasteiger partial charge on any atom is 0.306 e. The first-order valence-corrected chi connectivity index (χ1v) is 26.9. The number of allylic oxidation sites excluding steroid dienone is 12. The van der Waals surface area contributed by atoms with Crippen molar-refractivity contribution in [2.75, 3.05) is 13.2 Å². The second-order valence-electron chi connectivity index (χ2n) is 17.8. The number of unbranched alkanes of at least 4 members (excludes halogenated alkanes) is 25. The molecule has 0 saturated carbocycles. The van der Waals surface area contributed by atoms with E-state index in [2.05, 4.69) is 93.7 Å². The standard InChI is InChI=1S/C58H100O6/c1-4-7-10-13-16-19-22-25-27-28-29-30-31-34-36-39-42-45-48-51-57(60)63-54-55(53-62-56(59)50-47-44-41-38-35-32-24-21-18-15-12-9-6-3)64-58(61)52-49-46-43-40-37-33-26-23-20-17-14-11-8-5-2/h14,16-17,19,23,25-27,29-30,34,36,55H,4-13,15,18,20-22,24,28,31-33,35,37-54H2,1-3H3/b17-14-,19-16-,26-23-,27-25-,30-29-,36-34-/t55-/m1/s1. The summed E-state index contributed by atoms with van der Waals surface area (Å²) in [7, 11) is 0. The minimum Gasteiger partial charge on any atom is -0.462 e. The quantitative estimate of drug-likeness (QED) is 0.0262. The van der Waals surface area contributed by atoms with Crippen molar-refractivity contribution in [1.29, 1.82) is 0 Å². The van der Waals surface area contributed by atoms with Crippen LogP contribution in [0.5, 0.6) is 0 Å². The summed E-state index contributed by atoms with van der Waals surface area (Å²) in [4.78, 5) is 38.0. The monoisotopic (exact) mass is 893 g/mol. The van der Waals surface area contributed by atoms with Gasteiger partial charge in [0, 0.05) is 19.3 Å². The maximum absolute atomic E-state index is 12.8. The molecule has 0 rings (SSSR count). The summed E-state index contributed by atoms with van der Waals surface area (Å²) < 4.78 is 16.8. The van der Waals surface area contributed by atoms with E-state index in [1.165, 1.54) is 109 Å². The molecule has 0 fully saturated rings. The third-order valence-corrected chi connectivity index (χ3v) is 11.4. The molecule has 0 spiro atoms. The number of hydrogen-bond acceptors (Lipinski definition) is 6. The molecule has 6 nitrogen and oxygen atoms in total. The molecule has 0 N–H and O–H groups in total. The van der Waals surface area contributed by atoms with Crippen LogP contribution in [0.3, 0.4) is 0 Å². The van der Waals surface area contributed by atoms with Crippen molar-refractivity contribution in [3.8, 4) is 0 Å². The Kier molecular flexibility index (Phi) is 49.9. The summed E-state index contributed by atoms with van der Waals surface area (Å²) >= 11 is 0. The van der Waals surface area contributed by atoms with Gasteiger partial charge in [-0.1, -0.05) is 222 Å². The second-order valence-corrected chi connectivity index (χ2v) is 17.8. The fourth-order valence-corrected chi connectivity index (χ4v) is 7.32. The molecule has 0 aromatic heterocycles. The number of carbonyl (C=O) groups is 3. The van der Waals surface area contributed by atoms with Gasteiger partial charge in [-0.2, -0.15) is 0 Å². The van der Waals surface area contributed by atoms with Gasteiger partial charge in [-0.05, 0) is 89.9 Å². The van der Waals surface area contributed by atoms with E-state index in [0.717, 1.165) is 109 Å². The Labute approximate surface area is 395 Å². The first-order valence-electron chi connectivity index (χ1n) is 26.9. The molecule has 0 bridgehead atoms. The lowest BCUT2D eigenvalue weighted by atomic mass is 10.0. The summed E-state index contributed by atoms with van der Waals surface area (Å²) in [5, 5.41) is 0. The average Bonchev–Trinajstić information content (AvgIpc) is 3.29. The Morgan fingerprint density at radius 3 is 0.969 bits per heavy atom. The van der Waals surface area contributed by atoms with Gasteiger partial charge in [0.15, 0.2) is 6.10 Å². The first kappa shape index (κ1) is 60.9. The van der Waals surface area contributed by atoms with E-state index < -0.39 is 6.10 Å². The highest BCUT2D eigenvalue weighted by molar-refractivity contribution is 5.71. The maximum atomic E-state index is 12.8. The fraction of sp³-hybridized carbons (Fsp3) is 0.741. The normalized spacial score (nSPS) is 12.6. The summed E-state index contributed by atoms with van der Waals surface area (Å²) in [6, 6.07) is 0. The number of carbonyl (C=O) groups excluding carboxylic acids is 3. The highest BCUT2D eigenvalue weighted by Gasteiger charge is 2.19. The van der Waals surface area contributed by atoms with Gasteiger partial charge in [0.25, 0.3) is 0 Å². The van der Waals surface area contributed by atoms with Crippen molar-refractivity contribution >= 4 is 17.9 Å². The number of ether oxygens (including phenoxy) is 3. The Bertz CT molecular complexity index is 1210. The van der Waals surface area contributed by atoms with Gasteiger partial charge in [-0.25, -0.2) is 0 Å². The lowest BCUT2D eigenvalue weighted by molar-refractivity contribution is -0.167. The largest absolute Gasteiger partial charge is 0.462 e. The van der Waals surface area contributed by atoms with Crippen LogP contribution in [0.25, 0.3) is 0 Å². The van der Waals surface area contributed by atoms with Crippen LogP contribution in [0.2, 0.25) is 0 Å². The van der Waals surface area contributed by atoms with Crippen LogP contribution in [0.4, 0.5) is 0 Å². The van der Waals surface area contributed by atoms with Gasteiger partial charge >= 0.3 is 17.9 Å². The van der Waals surface area contributed by atoms with Crippen molar-refractivity contribution in [2.45, 2.75) is 264 Å². The molecule has 0 aliphatic rings. The molecule has 0 aliphatic heterocycles. The van der Waals surface area contributed by atoms with E-state index in [4.69, 9.17) is 14.2 Å².